The average Bonchev–Trinajstić information content (AvgIpc) is 3.49. The molecule has 0 unspecified atom stereocenters. The lowest BCUT2D eigenvalue weighted by atomic mass is 10.0. The van der Waals surface area contributed by atoms with Gasteiger partial charge in [0, 0.05) is 38.3 Å². The second-order valence-electron chi connectivity index (χ2n) is 8.11. The van der Waals surface area contributed by atoms with Gasteiger partial charge in [0.25, 0.3) is 0 Å². The number of piperazine rings is 1. The molecule has 1 aromatic carbocycles. The molecule has 2 aromatic rings. The number of anilines is 2. The largest absolute Gasteiger partial charge is 0.343 e. The van der Waals surface area contributed by atoms with E-state index < -0.39 is 0 Å². The molecule has 2 fully saturated rings. The lowest BCUT2D eigenvalue weighted by molar-refractivity contribution is -0.131. The van der Waals surface area contributed by atoms with Crippen molar-refractivity contribution in [3.05, 3.63) is 30.3 Å². The molecule has 1 aliphatic heterocycles. The van der Waals surface area contributed by atoms with Crippen LogP contribution in [0.2, 0.25) is 0 Å². The molecular formula is C22H29N5O2S2. The molecule has 4 rings (SSSR count). The Morgan fingerprint density at radius 1 is 1.06 bits per heavy atom. The van der Waals surface area contributed by atoms with Gasteiger partial charge in [-0.15, -0.1) is 10.2 Å². The highest BCUT2D eigenvalue weighted by Gasteiger charge is 2.24. The quantitative estimate of drug-likeness (QED) is 0.604. The summed E-state index contributed by atoms with van der Waals surface area (Å²) in [5, 5.41) is 12.3. The summed E-state index contributed by atoms with van der Waals surface area (Å²) < 4.78 is 0.785. The summed E-state index contributed by atoms with van der Waals surface area (Å²) in [6, 6.07) is 9.43. The molecule has 2 heterocycles. The first-order valence-corrected chi connectivity index (χ1v) is 12.8. The molecule has 1 aliphatic carbocycles. The van der Waals surface area contributed by atoms with Gasteiger partial charge >= 0.3 is 0 Å². The zero-order chi connectivity index (χ0) is 21.5. The molecule has 31 heavy (non-hydrogen) atoms. The molecule has 0 atom stereocenters. The SMILES string of the molecule is O=C(CSc1nnc(N2CCN(C(=O)CCC3CCCC3)CC2)s1)Nc1ccccc1. The van der Waals surface area contributed by atoms with Crippen LogP contribution in [0.15, 0.2) is 34.7 Å². The van der Waals surface area contributed by atoms with E-state index in [4.69, 9.17) is 0 Å². The summed E-state index contributed by atoms with van der Waals surface area (Å²) in [4.78, 5) is 28.8. The van der Waals surface area contributed by atoms with Gasteiger partial charge in [0.05, 0.1) is 5.75 Å². The lowest BCUT2D eigenvalue weighted by Gasteiger charge is -2.34. The summed E-state index contributed by atoms with van der Waals surface area (Å²) in [6.07, 6.45) is 7.00. The van der Waals surface area contributed by atoms with E-state index in [1.165, 1.54) is 48.8 Å². The highest BCUT2D eigenvalue weighted by Crippen LogP contribution is 2.30. The third-order valence-corrected chi connectivity index (χ3v) is 8.04. The topological polar surface area (TPSA) is 78.4 Å². The van der Waals surface area contributed by atoms with Crippen molar-refractivity contribution in [3.8, 4) is 0 Å². The number of carbonyl (C=O) groups excluding carboxylic acids is 2. The van der Waals surface area contributed by atoms with Crippen molar-refractivity contribution >= 4 is 45.7 Å². The minimum atomic E-state index is -0.0577. The van der Waals surface area contributed by atoms with Gasteiger partial charge in [0.2, 0.25) is 16.9 Å². The third-order valence-electron chi connectivity index (χ3n) is 5.92. The Morgan fingerprint density at radius 3 is 2.55 bits per heavy atom. The van der Waals surface area contributed by atoms with Gasteiger partial charge < -0.3 is 15.1 Å². The molecular weight excluding hydrogens is 430 g/mol. The van der Waals surface area contributed by atoms with Crippen molar-refractivity contribution < 1.29 is 9.59 Å². The van der Waals surface area contributed by atoms with Crippen LogP contribution in [0.1, 0.15) is 38.5 Å². The van der Waals surface area contributed by atoms with E-state index in [2.05, 4.69) is 20.4 Å². The number of amides is 2. The number of carbonyl (C=O) groups is 2. The van der Waals surface area contributed by atoms with Crippen LogP contribution in [-0.4, -0.2) is 58.8 Å². The Bertz CT molecular complexity index is 862. The van der Waals surface area contributed by atoms with Crippen LogP contribution in [0.25, 0.3) is 0 Å². The molecule has 1 saturated heterocycles. The van der Waals surface area contributed by atoms with Crippen LogP contribution in [0, 0.1) is 5.92 Å². The number of aromatic nitrogens is 2. The van der Waals surface area contributed by atoms with Gasteiger partial charge in [-0.3, -0.25) is 9.59 Å². The monoisotopic (exact) mass is 459 g/mol. The molecule has 0 bridgehead atoms. The minimum absolute atomic E-state index is 0.0577. The Balaban J connectivity index is 1.18. The Kier molecular flexibility index (Phi) is 7.80. The number of nitrogens with one attached hydrogen (secondary N) is 1. The summed E-state index contributed by atoms with van der Waals surface area (Å²) >= 11 is 2.91. The van der Waals surface area contributed by atoms with E-state index in [-0.39, 0.29) is 5.91 Å². The maximum atomic E-state index is 12.5. The van der Waals surface area contributed by atoms with Gasteiger partial charge in [-0.05, 0) is 24.5 Å². The van der Waals surface area contributed by atoms with Crippen molar-refractivity contribution in [3.63, 3.8) is 0 Å². The Labute approximate surface area is 191 Å². The highest BCUT2D eigenvalue weighted by atomic mass is 32.2. The normalized spacial score (nSPS) is 17.2. The number of nitrogens with zero attached hydrogens (tertiary/aromatic N) is 4. The number of hydrogen-bond acceptors (Lipinski definition) is 7. The standard InChI is InChI=1S/C22H29N5O2S2/c28-19(23-18-8-2-1-3-9-18)16-30-22-25-24-21(31-22)27-14-12-26(13-15-27)20(29)11-10-17-6-4-5-7-17/h1-3,8-9,17H,4-7,10-16H2,(H,23,28). The summed E-state index contributed by atoms with van der Waals surface area (Å²) in [5.74, 6) is 1.30. The van der Waals surface area contributed by atoms with Crippen molar-refractivity contribution in [2.24, 2.45) is 5.92 Å². The molecule has 1 saturated carbocycles. The van der Waals surface area contributed by atoms with E-state index in [9.17, 15) is 9.59 Å². The van der Waals surface area contributed by atoms with Crippen molar-refractivity contribution in [2.45, 2.75) is 42.9 Å². The van der Waals surface area contributed by atoms with Crippen LogP contribution in [0.4, 0.5) is 10.8 Å². The molecule has 0 spiro atoms. The number of rotatable bonds is 8. The molecule has 2 amide bonds. The molecule has 9 heteroatoms. The maximum Gasteiger partial charge on any atom is 0.234 e. The fourth-order valence-electron chi connectivity index (χ4n) is 4.17. The second kappa shape index (κ2) is 10.9. The van der Waals surface area contributed by atoms with Crippen molar-refractivity contribution in [1.82, 2.24) is 15.1 Å². The fourth-order valence-corrected chi connectivity index (χ4v) is 5.86. The van der Waals surface area contributed by atoms with Gasteiger partial charge in [-0.2, -0.15) is 0 Å². The van der Waals surface area contributed by atoms with Gasteiger partial charge in [-0.1, -0.05) is 67.0 Å². The van der Waals surface area contributed by atoms with Crippen LogP contribution in [0.3, 0.4) is 0 Å². The predicted molar refractivity (Wildman–Crippen MR) is 126 cm³/mol. The first-order valence-electron chi connectivity index (χ1n) is 11.0. The van der Waals surface area contributed by atoms with Gasteiger partial charge in [0.1, 0.15) is 0 Å². The number of thioether (sulfide) groups is 1. The Morgan fingerprint density at radius 2 is 1.81 bits per heavy atom. The van der Waals surface area contributed by atoms with E-state index in [0.717, 1.165) is 53.7 Å². The first-order chi connectivity index (χ1) is 15.2. The Hall–Kier alpha value is -2.13. The van der Waals surface area contributed by atoms with E-state index in [0.29, 0.717) is 18.1 Å². The molecule has 0 radical (unpaired) electrons. The second-order valence-corrected chi connectivity index (χ2v) is 10.3. The van der Waals surface area contributed by atoms with E-state index in [1.807, 2.05) is 35.2 Å². The van der Waals surface area contributed by atoms with Crippen molar-refractivity contribution in [2.75, 3.05) is 42.1 Å². The van der Waals surface area contributed by atoms with Gasteiger partial charge in [0.15, 0.2) is 4.34 Å². The smallest absolute Gasteiger partial charge is 0.234 e. The highest BCUT2D eigenvalue weighted by molar-refractivity contribution is 8.01. The predicted octanol–water partition coefficient (Wildman–Crippen LogP) is 3.89. The number of para-hydroxylation sites is 1. The summed E-state index contributed by atoms with van der Waals surface area (Å²) in [6.45, 7) is 3.04. The van der Waals surface area contributed by atoms with Crippen molar-refractivity contribution in [1.29, 1.82) is 0 Å². The van der Waals surface area contributed by atoms with Crippen LogP contribution in [-0.2, 0) is 9.59 Å². The minimum Gasteiger partial charge on any atom is -0.343 e. The molecule has 2 aliphatic rings. The average molecular weight is 460 g/mol. The molecule has 166 valence electrons. The van der Waals surface area contributed by atoms with Gasteiger partial charge in [-0.25, -0.2) is 0 Å². The zero-order valence-corrected chi connectivity index (χ0v) is 19.3. The van der Waals surface area contributed by atoms with Crippen LogP contribution < -0.4 is 10.2 Å². The fraction of sp³-hybridized carbons (Fsp3) is 0.545. The lowest BCUT2D eigenvalue weighted by Crippen LogP contribution is -2.48. The van der Waals surface area contributed by atoms with E-state index in [1.54, 1.807) is 0 Å². The van der Waals surface area contributed by atoms with Crippen LogP contribution in [0.5, 0.6) is 0 Å². The maximum absolute atomic E-state index is 12.5. The third kappa shape index (κ3) is 6.43. The molecule has 7 nitrogen and oxygen atoms in total. The molecule has 1 aromatic heterocycles. The summed E-state index contributed by atoms with van der Waals surface area (Å²) in [5.41, 5.74) is 0.793. The van der Waals surface area contributed by atoms with Crippen LogP contribution >= 0.6 is 23.1 Å². The first kappa shape index (κ1) is 22.1. The van der Waals surface area contributed by atoms with E-state index >= 15 is 0 Å². The summed E-state index contributed by atoms with van der Waals surface area (Å²) in [7, 11) is 0. The number of benzene rings is 1. The molecule has 1 N–H and O–H groups in total. The number of hydrogen-bond donors (Lipinski definition) is 1. The zero-order valence-electron chi connectivity index (χ0n) is 17.7.